The largest absolute Gasteiger partial charge is 0.423 e. The molecule has 4 rings (SSSR count). The van der Waals surface area contributed by atoms with E-state index in [1.54, 1.807) is 23.1 Å². The minimum atomic E-state index is -0.361. The Kier molecular flexibility index (Phi) is 3.40. The van der Waals surface area contributed by atoms with Crippen molar-refractivity contribution in [3.8, 4) is 0 Å². The van der Waals surface area contributed by atoms with Crippen LogP contribution in [-0.4, -0.2) is 45.0 Å². The molecule has 1 aromatic carbocycles. The molecule has 3 aromatic rings. The third kappa shape index (κ3) is 2.57. The summed E-state index contributed by atoms with van der Waals surface area (Å²) in [6.45, 7) is 2.53. The van der Waals surface area contributed by atoms with Crippen LogP contribution >= 0.6 is 0 Å². The zero-order valence-corrected chi connectivity index (χ0v) is 12.9. The molecule has 1 saturated heterocycles. The lowest BCUT2D eigenvalue weighted by molar-refractivity contribution is -0.119. The van der Waals surface area contributed by atoms with Crippen LogP contribution in [0.5, 0.6) is 0 Å². The number of rotatable bonds is 3. The highest BCUT2D eigenvalue weighted by molar-refractivity contribution is 5.75. The molecule has 0 aliphatic carbocycles. The van der Waals surface area contributed by atoms with Crippen molar-refractivity contribution >= 4 is 23.0 Å². The molecule has 3 heterocycles. The van der Waals surface area contributed by atoms with E-state index in [0.29, 0.717) is 30.2 Å². The van der Waals surface area contributed by atoms with E-state index in [0.717, 1.165) is 0 Å². The molecule has 1 N–H and O–H groups in total. The van der Waals surface area contributed by atoms with Crippen LogP contribution in [0.2, 0.25) is 0 Å². The summed E-state index contributed by atoms with van der Waals surface area (Å²) in [7, 11) is 0. The fourth-order valence-corrected chi connectivity index (χ4v) is 3.03. The molecule has 1 amide bonds. The number of carbonyl (C=O) groups excluding carboxylic acids is 1. The van der Waals surface area contributed by atoms with Gasteiger partial charge in [-0.15, -0.1) is 5.10 Å². The Morgan fingerprint density at radius 1 is 1.42 bits per heavy atom. The lowest BCUT2D eigenvalue weighted by Crippen LogP contribution is -2.40. The average molecular weight is 330 g/mol. The fourth-order valence-electron chi connectivity index (χ4n) is 3.03. The lowest BCUT2D eigenvalue weighted by atomic mass is 10.2. The summed E-state index contributed by atoms with van der Waals surface area (Å²) in [5.41, 5.74) is 0.983. The maximum atomic E-state index is 13.3. The van der Waals surface area contributed by atoms with Crippen molar-refractivity contribution in [1.82, 2.24) is 25.3 Å². The Morgan fingerprint density at radius 3 is 3.04 bits per heavy atom. The summed E-state index contributed by atoms with van der Waals surface area (Å²) in [6, 6.07) is 4.36. The molecule has 1 fully saturated rings. The fraction of sp³-hybridized carbons (Fsp3) is 0.333. The van der Waals surface area contributed by atoms with E-state index in [4.69, 9.17) is 4.42 Å². The molecule has 0 spiro atoms. The summed E-state index contributed by atoms with van der Waals surface area (Å²) < 4.78 is 20.7. The van der Waals surface area contributed by atoms with Crippen LogP contribution in [0.15, 0.2) is 35.0 Å². The van der Waals surface area contributed by atoms with Crippen LogP contribution in [-0.2, 0) is 4.79 Å². The number of nitrogens with one attached hydrogen (secondary N) is 1. The molecular formula is C15H15FN6O2. The van der Waals surface area contributed by atoms with Crippen LogP contribution < -0.4 is 10.2 Å². The van der Waals surface area contributed by atoms with Crippen LogP contribution in [0.1, 0.15) is 13.0 Å². The third-order valence-corrected chi connectivity index (χ3v) is 4.07. The highest BCUT2D eigenvalue weighted by atomic mass is 19.1. The van der Waals surface area contributed by atoms with Crippen molar-refractivity contribution in [2.75, 3.05) is 18.0 Å². The molecule has 0 bridgehead atoms. The van der Waals surface area contributed by atoms with Crippen LogP contribution in [0.25, 0.3) is 11.1 Å². The number of hydrogen-bond acceptors (Lipinski definition) is 6. The first-order valence-corrected chi connectivity index (χ1v) is 7.54. The molecule has 9 heteroatoms. The molecule has 24 heavy (non-hydrogen) atoms. The van der Waals surface area contributed by atoms with Crippen molar-refractivity contribution in [3.05, 3.63) is 36.4 Å². The Labute approximate surface area is 136 Å². The predicted octanol–water partition coefficient (Wildman–Crippen LogP) is 1.12. The number of anilines is 1. The molecule has 8 nitrogen and oxygen atoms in total. The number of nitrogens with zero attached hydrogens (tertiary/aromatic N) is 5. The molecule has 0 radical (unpaired) electrons. The van der Waals surface area contributed by atoms with Crippen LogP contribution in [0.4, 0.5) is 10.4 Å². The number of carbonyl (C=O) groups is 1. The van der Waals surface area contributed by atoms with Gasteiger partial charge in [0.2, 0.25) is 5.91 Å². The number of halogens is 1. The SMILES string of the molecule is CC(=O)N[C@@H]1CN(c2nc3cc(F)ccc3o2)C[C@@H]1n1ccnn1. The second-order valence-electron chi connectivity index (χ2n) is 5.77. The number of benzene rings is 1. The summed E-state index contributed by atoms with van der Waals surface area (Å²) >= 11 is 0. The van der Waals surface area contributed by atoms with Gasteiger partial charge in [-0.3, -0.25) is 4.79 Å². The van der Waals surface area contributed by atoms with E-state index < -0.39 is 0 Å². The van der Waals surface area contributed by atoms with Gasteiger partial charge in [0.25, 0.3) is 6.01 Å². The van der Waals surface area contributed by atoms with Gasteiger partial charge in [0.15, 0.2) is 5.58 Å². The summed E-state index contributed by atoms with van der Waals surface area (Å²) in [4.78, 5) is 17.7. The van der Waals surface area contributed by atoms with Gasteiger partial charge < -0.3 is 14.6 Å². The Balaban J connectivity index is 1.64. The Bertz CT molecular complexity index is 877. The second-order valence-corrected chi connectivity index (χ2v) is 5.77. The molecular weight excluding hydrogens is 315 g/mol. The minimum absolute atomic E-state index is 0.0943. The maximum absolute atomic E-state index is 13.3. The summed E-state index contributed by atoms with van der Waals surface area (Å²) in [6.07, 6.45) is 3.35. The number of oxazole rings is 1. The normalized spacial score (nSPS) is 20.7. The van der Waals surface area contributed by atoms with Crippen LogP contribution in [0, 0.1) is 5.82 Å². The number of hydrogen-bond donors (Lipinski definition) is 1. The topological polar surface area (TPSA) is 89.1 Å². The van der Waals surface area contributed by atoms with E-state index in [1.165, 1.54) is 19.1 Å². The van der Waals surface area contributed by atoms with Gasteiger partial charge in [-0.2, -0.15) is 4.98 Å². The van der Waals surface area contributed by atoms with Crippen molar-refractivity contribution in [2.45, 2.75) is 19.0 Å². The molecule has 2 aromatic heterocycles. The zero-order chi connectivity index (χ0) is 16.7. The maximum Gasteiger partial charge on any atom is 0.298 e. The van der Waals surface area contributed by atoms with Gasteiger partial charge in [0.05, 0.1) is 18.3 Å². The average Bonchev–Trinajstić information content (AvgIpc) is 3.24. The minimum Gasteiger partial charge on any atom is -0.423 e. The predicted molar refractivity (Wildman–Crippen MR) is 82.8 cm³/mol. The standard InChI is InChI=1S/C15H15FN6O2/c1-9(23)18-12-7-21(8-13(12)22-5-4-17-20-22)15-19-11-6-10(16)2-3-14(11)24-15/h2-6,12-13H,7-8H2,1H3,(H,18,23)/t12-,13+/m1/s1. The molecule has 1 aliphatic heterocycles. The van der Waals surface area contributed by atoms with Gasteiger partial charge in [-0.1, -0.05) is 5.21 Å². The van der Waals surface area contributed by atoms with E-state index in [-0.39, 0.29) is 23.8 Å². The summed E-state index contributed by atoms with van der Waals surface area (Å²) in [5, 5.41) is 10.8. The Morgan fingerprint density at radius 2 is 2.29 bits per heavy atom. The summed E-state index contributed by atoms with van der Waals surface area (Å²) in [5.74, 6) is -0.480. The first-order valence-electron chi connectivity index (χ1n) is 7.54. The third-order valence-electron chi connectivity index (χ3n) is 4.07. The van der Waals surface area contributed by atoms with E-state index in [1.807, 2.05) is 4.90 Å². The number of amides is 1. The first kappa shape index (κ1) is 14.6. The second kappa shape index (κ2) is 5.59. The number of fused-ring (bicyclic) bond motifs is 1. The Hall–Kier alpha value is -2.97. The van der Waals surface area contributed by atoms with Crippen molar-refractivity contribution in [1.29, 1.82) is 0 Å². The lowest BCUT2D eigenvalue weighted by Gasteiger charge is -2.18. The van der Waals surface area contributed by atoms with Crippen molar-refractivity contribution in [2.24, 2.45) is 0 Å². The van der Waals surface area contributed by atoms with Gasteiger partial charge in [0.1, 0.15) is 11.3 Å². The highest BCUT2D eigenvalue weighted by Gasteiger charge is 2.37. The molecule has 2 atom stereocenters. The molecule has 0 unspecified atom stereocenters. The van der Waals surface area contributed by atoms with Crippen LogP contribution in [0.3, 0.4) is 0 Å². The quantitative estimate of drug-likeness (QED) is 0.774. The smallest absolute Gasteiger partial charge is 0.298 e. The van der Waals surface area contributed by atoms with Gasteiger partial charge >= 0.3 is 0 Å². The van der Waals surface area contributed by atoms with Gasteiger partial charge in [0, 0.05) is 32.3 Å². The van der Waals surface area contributed by atoms with E-state index in [2.05, 4.69) is 20.6 Å². The first-order chi connectivity index (χ1) is 11.6. The van der Waals surface area contributed by atoms with Gasteiger partial charge in [-0.25, -0.2) is 9.07 Å². The van der Waals surface area contributed by atoms with E-state index in [9.17, 15) is 9.18 Å². The monoisotopic (exact) mass is 330 g/mol. The molecule has 0 saturated carbocycles. The van der Waals surface area contributed by atoms with Crippen molar-refractivity contribution in [3.63, 3.8) is 0 Å². The zero-order valence-electron chi connectivity index (χ0n) is 12.9. The van der Waals surface area contributed by atoms with Gasteiger partial charge in [-0.05, 0) is 12.1 Å². The molecule has 124 valence electrons. The number of aromatic nitrogens is 4. The van der Waals surface area contributed by atoms with Crippen molar-refractivity contribution < 1.29 is 13.6 Å². The van der Waals surface area contributed by atoms with E-state index >= 15 is 0 Å². The highest BCUT2D eigenvalue weighted by Crippen LogP contribution is 2.29. The molecule has 1 aliphatic rings.